The lowest BCUT2D eigenvalue weighted by molar-refractivity contribution is 0.0696. The largest absolute Gasteiger partial charge is 0.478 e. The van der Waals surface area contributed by atoms with Crippen LogP contribution in [0.1, 0.15) is 16.8 Å². The number of hydrogen-bond donors (Lipinski definition) is 2. The molecule has 1 aromatic rings. The molecule has 20 heavy (non-hydrogen) atoms. The number of carboxylic acid groups (broad SMARTS) is 1. The Hall–Kier alpha value is -1.44. The molecule has 1 unspecified atom stereocenters. The van der Waals surface area contributed by atoms with E-state index in [0.717, 1.165) is 19.5 Å². The Morgan fingerprint density at radius 2 is 2.25 bits per heavy atom. The van der Waals surface area contributed by atoms with Crippen LogP contribution in [0.25, 0.3) is 0 Å². The second kappa shape index (κ2) is 5.90. The van der Waals surface area contributed by atoms with E-state index in [9.17, 15) is 13.2 Å². The molecule has 110 valence electrons. The number of benzene rings is 1. The number of hydrogen-bond acceptors (Lipinski definition) is 4. The van der Waals surface area contributed by atoms with Gasteiger partial charge in [-0.1, -0.05) is 6.07 Å². The third-order valence-electron chi connectivity index (χ3n) is 3.44. The van der Waals surface area contributed by atoms with Crippen LogP contribution in [0.5, 0.6) is 0 Å². The topological polar surface area (TPSA) is 86.7 Å². The van der Waals surface area contributed by atoms with Crippen LogP contribution in [0.3, 0.4) is 0 Å². The van der Waals surface area contributed by atoms with E-state index < -0.39 is 16.0 Å². The highest BCUT2D eigenvalue weighted by Gasteiger charge is 2.22. The molecule has 1 fully saturated rings. The highest BCUT2D eigenvalue weighted by Crippen LogP contribution is 2.15. The van der Waals surface area contributed by atoms with Crippen molar-refractivity contribution in [3.05, 3.63) is 29.8 Å². The summed E-state index contributed by atoms with van der Waals surface area (Å²) in [6, 6.07) is 5.37. The van der Waals surface area contributed by atoms with Crippen LogP contribution in [-0.2, 0) is 10.0 Å². The van der Waals surface area contributed by atoms with Gasteiger partial charge in [0.25, 0.3) is 0 Å². The Balaban J connectivity index is 2.06. The van der Waals surface area contributed by atoms with Gasteiger partial charge in [0.15, 0.2) is 0 Å². The van der Waals surface area contributed by atoms with Gasteiger partial charge in [0, 0.05) is 13.1 Å². The molecule has 1 heterocycles. The number of carboxylic acids is 1. The molecule has 1 aromatic carbocycles. The summed E-state index contributed by atoms with van der Waals surface area (Å²) in [6.45, 7) is 2.22. The van der Waals surface area contributed by atoms with Crippen molar-refractivity contribution < 1.29 is 18.3 Å². The molecule has 2 rings (SSSR count). The first-order chi connectivity index (χ1) is 9.38. The van der Waals surface area contributed by atoms with Crippen molar-refractivity contribution in [2.45, 2.75) is 11.3 Å². The fourth-order valence-electron chi connectivity index (χ4n) is 2.30. The summed E-state index contributed by atoms with van der Waals surface area (Å²) in [5.74, 6) is -0.836. The van der Waals surface area contributed by atoms with Crippen molar-refractivity contribution in [2.24, 2.45) is 5.92 Å². The number of sulfonamides is 1. The van der Waals surface area contributed by atoms with Crippen molar-refractivity contribution in [3.8, 4) is 0 Å². The molecule has 1 atom stereocenters. The maximum absolute atomic E-state index is 12.1. The number of nitrogens with zero attached hydrogens (tertiary/aromatic N) is 1. The summed E-state index contributed by atoms with van der Waals surface area (Å²) < 4.78 is 26.8. The Labute approximate surface area is 118 Å². The number of rotatable bonds is 5. The van der Waals surface area contributed by atoms with E-state index in [4.69, 9.17) is 5.11 Å². The third-order valence-corrected chi connectivity index (χ3v) is 4.86. The minimum Gasteiger partial charge on any atom is -0.478 e. The second-order valence-corrected chi connectivity index (χ2v) is 6.87. The zero-order chi connectivity index (χ0) is 14.8. The van der Waals surface area contributed by atoms with E-state index in [2.05, 4.69) is 9.62 Å². The standard InChI is InChI=1S/C13H18N2O4S/c1-15-6-5-10(9-15)8-14-20(18,19)12-4-2-3-11(7-12)13(16)17/h2-4,7,10,14H,5-6,8-9H2,1H3,(H,16,17). The van der Waals surface area contributed by atoms with Gasteiger partial charge in [-0.2, -0.15) is 0 Å². The van der Waals surface area contributed by atoms with Crippen molar-refractivity contribution >= 4 is 16.0 Å². The lowest BCUT2D eigenvalue weighted by Gasteiger charge is -2.12. The van der Waals surface area contributed by atoms with Crippen LogP contribution >= 0.6 is 0 Å². The lowest BCUT2D eigenvalue weighted by Crippen LogP contribution is -2.30. The van der Waals surface area contributed by atoms with Gasteiger partial charge in [-0.05, 0) is 44.1 Å². The third kappa shape index (κ3) is 3.56. The van der Waals surface area contributed by atoms with Crippen LogP contribution in [0.15, 0.2) is 29.2 Å². The van der Waals surface area contributed by atoms with Crippen LogP contribution in [-0.4, -0.2) is 51.1 Å². The van der Waals surface area contributed by atoms with Gasteiger partial charge in [-0.3, -0.25) is 0 Å². The predicted octanol–water partition coefficient (Wildman–Crippen LogP) is 0.615. The molecule has 0 bridgehead atoms. The Morgan fingerprint density at radius 3 is 2.85 bits per heavy atom. The quantitative estimate of drug-likeness (QED) is 0.832. The van der Waals surface area contributed by atoms with Gasteiger partial charge < -0.3 is 10.0 Å². The molecular formula is C13H18N2O4S. The maximum atomic E-state index is 12.1. The van der Waals surface area contributed by atoms with Crippen LogP contribution in [0.2, 0.25) is 0 Å². The molecule has 6 nitrogen and oxygen atoms in total. The molecule has 0 amide bonds. The Kier molecular flexibility index (Phi) is 4.42. The van der Waals surface area contributed by atoms with E-state index in [1.165, 1.54) is 24.3 Å². The minimum atomic E-state index is -3.65. The van der Waals surface area contributed by atoms with Gasteiger partial charge in [0.2, 0.25) is 10.0 Å². The van der Waals surface area contributed by atoms with Crippen LogP contribution < -0.4 is 4.72 Å². The molecule has 0 saturated carbocycles. The lowest BCUT2D eigenvalue weighted by atomic mass is 10.1. The molecule has 0 aromatic heterocycles. The normalized spacial score (nSPS) is 20.1. The van der Waals surface area contributed by atoms with Crippen LogP contribution in [0, 0.1) is 5.92 Å². The molecule has 7 heteroatoms. The van der Waals surface area contributed by atoms with Gasteiger partial charge in [-0.25, -0.2) is 17.9 Å². The van der Waals surface area contributed by atoms with E-state index in [1.807, 2.05) is 7.05 Å². The van der Waals surface area contributed by atoms with Gasteiger partial charge in [0.05, 0.1) is 10.5 Å². The van der Waals surface area contributed by atoms with E-state index in [0.29, 0.717) is 12.5 Å². The summed E-state index contributed by atoms with van der Waals surface area (Å²) in [4.78, 5) is 13.0. The smallest absolute Gasteiger partial charge is 0.335 e. The molecular weight excluding hydrogens is 280 g/mol. The van der Waals surface area contributed by atoms with Gasteiger partial charge >= 0.3 is 5.97 Å². The van der Waals surface area contributed by atoms with Gasteiger partial charge in [0.1, 0.15) is 0 Å². The summed E-state index contributed by atoms with van der Waals surface area (Å²) in [7, 11) is -1.65. The first kappa shape index (κ1) is 15.0. The average molecular weight is 298 g/mol. The number of aromatic carboxylic acids is 1. The average Bonchev–Trinajstić information content (AvgIpc) is 2.82. The summed E-state index contributed by atoms with van der Waals surface area (Å²) >= 11 is 0. The first-order valence-corrected chi connectivity index (χ1v) is 7.88. The summed E-state index contributed by atoms with van der Waals surface area (Å²) in [5.41, 5.74) is -0.0338. The molecule has 1 aliphatic heterocycles. The second-order valence-electron chi connectivity index (χ2n) is 5.10. The number of carbonyl (C=O) groups is 1. The van der Waals surface area contributed by atoms with Gasteiger partial charge in [-0.15, -0.1) is 0 Å². The first-order valence-electron chi connectivity index (χ1n) is 6.40. The van der Waals surface area contributed by atoms with E-state index in [1.54, 1.807) is 0 Å². The van der Waals surface area contributed by atoms with E-state index >= 15 is 0 Å². The molecule has 0 radical (unpaired) electrons. The molecule has 0 aliphatic carbocycles. The van der Waals surface area contributed by atoms with E-state index in [-0.39, 0.29) is 10.5 Å². The van der Waals surface area contributed by atoms with Crippen molar-refractivity contribution in [1.29, 1.82) is 0 Å². The monoisotopic (exact) mass is 298 g/mol. The summed E-state index contributed by atoms with van der Waals surface area (Å²) in [6.07, 6.45) is 0.966. The predicted molar refractivity (Wildman–Crippen MR) is 74.2 cm³/mol. The molecule has 1 aliphatic rings. The zero-order valence-corrected chi connectivity index (χ0v) is 12.1. The maximum Gasteiger partial charge on any atom is 0.335 e. The van der Waals surface area contributed by atoms with Crippen LogP contribution in [0.4, 0.5) is 0 Å². The molecule has 2 N–H and O–H groups in total. The zero-order valence-electron chi connectivity index (χ0n) is 11.2. The number of nitrogens with one attached hydrogen (secondary N) is 1. The number of likely N-dealkylation sites (tertiary alicyclic amines) is 1. The Bertz CT molecular complexity index is 600. The highest BCUT2D eigenvalue weighted by molar-refractivity contribution is 7.89. The Morgan fingerprint density at radius 1 is 1.50 bits per heavy atom. The summed E-state index contributed by atoms with van der Waals surface area (Å²) in [5, 5.41) is 8.89. The molecule has 1 saturated heterocycles. The van der Waals surface area contributed by atoms with Crippen molar-refractivity contribution in [1.82, 2.24) is 9.62 Å². The van der Waals surface area contributed by atoms with Crippen molar-refractivity contribution in [2.75, 3.05) is 26.7 Å². The van der Waals surface area contributed by atoms with Crippen molar-refractivity contribution in [3.63, 3.8) is 0 Å². The minimum absolute atomic E-state index is 0.0104. The molecule has 0 spiro atoms. The fraction of sp³-hybridized carbons (Fsp3) is 0.462. The SMILES string of the molecule is CN1CCC(CNS(=O)(=O)c2cccc(C(=O)O)c2)C1. The fourth-order valence-corrected chi connectivity index (χ4v) is 3.46. The highest BCUT2D eigenvalue weighted by atomic mass is 32.2.